The van der Waals surface area contributed by atoms with E-state index in [4.69, 9.17) is 10.5 Å². The number of esters is 2. The summed E-state index contributed by atoms with van der Waals surface area (Å²) in [6.07, 6.45) is -1.21. The van der Waals surface area contributed by atoms with Gasteiger partial charge in [0.25, 0.3) is 0 Å². The van der Waals surface area contributed by atoms with E-state index in [9.17, 15) is 14.7 Å². The lowest BCUT2D eigenvalue weighted by molar-refractivity contribution is -0.167. The Morgan fingerprint density at radius 3 is 2.32 bits per heavy atom. The molecule has 0 spiro atoms. The lowest BCUT2D eigenvalue weighted by atomic mass is 10.0. The quantitative estimate of drug-likeness (QED) is 0.433. The van der Waals surface area contributed by atoms with E-state index in [1.807, 2.05) is 6.07 Å². The van der Waals surface area contributed by atoms with E-state index in [0.29, 0.717) is 0 Å². The Hall–Kier alpha value is -1.92. The van der Waals surface area contributed by atoms with Crippen LogP contribution in [0, 0.1) is 5.92 Å². The van der Waals surface area contributed by atoms with Gasteiger partial charge in [0.1, 0.15) is 13.3 Å². The molecular formula is C13H17NO5. The fourth-order valence-electron chi connectivity index (χ4n) is 1.48. The molecule has 0 amide bonds. The van der Waals surface area contributed by atoms with E-state index in [-0.39, 0.29) is 13.3 Å². The fraction of sp³-hybridized carbons (Fsp3) is 0.385. The summed E-state index contributed by atoms with van der Waals surface area (Å²) >= 11 is 0. The Balaban J connectivity index is 2.60. The van der Waals surface area contributed by atoms with E-state index in [1.54, 1.807) is 24.3 Å². The minimum absolute atomic E-state index is 0.0266. The molecule has 6 nitrogen and oxygen atoms in total. The van der Waals surface area contributed by atoms with Crippen LogP contribution in [0.25, 0.3) is 0 Å². The van der Waals surface area contributed by atoms with Gasteiger partial charge in [-0.1, -0.05) is 30.3 Å². The molecule has 3 N–H and O–H groups in total. The van der Waals surface area contributed by atoms with Gasteiger partial charge in [-0.2, -0.15) is 0 Å². The van der Waals surface area contributed by atoms with Crippen LogP contribution in [0.1, 0.15) is 12.5 Å². The second-order valence-corrected chi connectivity index (χ2v) is 3.94. The molecule has 0 saturated heterocycles. The lowest BCUT2D eigenvalue weighted by Crippen LogP contribution is -2.37. The Morgan fingerprint density at radius 1 is 1.21 bits per heavy atom. The number of hydrogen-bond acceptors (Lipinski definition) is 6. The average molecular weight is 267 g/mol. The molecule has 0 fully saturated rings. The molecule has 2 atom stereocenters. The molecule has 1 aromatic carbocycles. The molecule has 2 unspecified atom stereocenters. The van der Waals surface area contributed by atoms with Crippen molar-refractivity contribution in [2.24, 2.45) is 11.7 Å². The Morgan fingerprint density at radius 2 is 1.79 bits per heavy atom. The Labute approximate surface area is 111 Å². The van der Waals surface area contributed by atoms with Gasteiger partial charge in [-0.05, 0) is 12.5 Å². The molecule has 0 aromatic heterocycles. The standard InChI is InChI=1S/C13H17NO5/c1-9(15)11(13(17)19-8-14)12(16)18-7-10-5-3-2-4-6-10/h2-6,9,11,15H,7-8,14H2,1H3. The number of carbonyl (C=O) groups excluding carboxylic acids is 2. The highest BCUT2D eigenvalue weighted by atomic mass is 16.6. The third-order valence-electron chi connectivity index (χ3n) is 2.44. The van der Waals surface area contributed by atoms with E-state index in [2.05, 4.69) is 4.74 Å². The molecule has 6 heteroatoms. The smallest absolute Gasteiger partial charge is 0.324 e. The molecule has 0 saturated carbocycles. The second kappa shape index (κ2) is 7.50. The molecule has 1 aromatic rings. The van der Waals surface area contributed by atoms with Gasteiger partial charge >= 0.3 is 11.9 Å². The lowest BCUT2D eigenvalue weighted by Gasteiger charge is -2.16. The zero-order valence-corrected chi connectivity index (χ0v) is 10.6. The van der Waals surface area contributed by atoms with Crippen LogP contribution < -0.4 is 5.73 Å². The summed E-state index contributed by atoms with van der Waals surface area (Å²) in [5.74, 6) is -3.11. The molecule has 0 aliphatic carbocycles. The first-order chi connectivity index (χ1) is 9.06. The van der Waals surface area contributed by atoms with E-state index in [1.165, 1.54) is 6.92 Å². The number of benzene rings is 1. The molecule has 0 aliphatic heterocycles. The van der Waals surface area contributed by atoms with Crippen LogP contribution in [0.4, 0.5) is 0 Å². The van der Waals surface area contributed by atoms with Gasteiger partial charge < -0.3 is 14.6 Å². The van der Waals surface area contributed by atoms with Crippen molar-refractivity contribution in [2.45, 2.75) is 19.6 Å². The largest absolute Gasteiger partial charge is 0.460 e. The van der Waals surface area contributed by atoms with Crippen molar-refractivity contribution < 1.29 is 24.2 Å². The van der Waals surface area contributed by atoms with Gasteiger partial charge in [-0.15, -0.1) is 0 Å². The number of carbonyl (C=O) groups is 2. The number of nitrogens with two attached hydrogens (primary N) is 1. The molecule has 0 heterocycles. The van der Waals surface area contributed by atoms with Crippen LogP contribution in [0.15, 0.2) is 30.3 Å². The first-order valence-electron chi connectivity index (χ1n) is 5.81. The van der Waals surface area contributed by atoms with Crippen molar-refractivity contribution >= 4 is 11.9 Å². The molecule has 19 heavy (non-hydrogen) atoms. The van der Waals surface area contributed by atoms with Gasteiger partial charge in [0.05, 0.1) is 6.10 Å². The minimum Gasteiger partial charge on any atom is -0.460 e. The highest BCUT2D eigenvalue weighted by molar-refractivity contribution is 5.95. The SMILES string of the molecule is CC(O)C(C(=O)OCN)C(=O)OCc1ccccc1. The second-order valence-electron chi connectivity index (χ2n) is 3.94. The normalized spacial score (nSPS) is 13.4. The molecule has 104 valence electrons. The summed E-state index contributed by atoms with van der Waals surface area (Å²) < 4.78 is 9.49. The first kappa shape index (κ1) is 15.1. The van der Waals surface area contributed by atoms with Crippen molar-refractivity contribution in [1.82, 2.24) is 0 Å². The van der Waals surface area contributed by atoms with Crippen LogP contribution in [0.2, 0.25) is 0 Å². The predicted molar refractivity (Wildman–Crippen MR) is 66.6 cm³/mol. The van der Waals surface area contributed by atoms with Crippen molar-refractivity contribution in [3.8, 4) is 0 Å². The van der Waals surface area contributed by atoms with Crippen LogP contribution in [-0.4, -0.2) is 29.9 Å². The van der Waals surface area contributed by atoms with Gasteiger partial charge in [0.15, 0.2) is 5.92 Å². The molecule has 0 bridgehead atoms. The molecule has 0 radical (unpaired) electrons. The van der Waals surface area contributed by atoms with Crippen LogP contribution in [-0.2, 0) is 25.7 Å². The van der Waals surface area contributed by atoms with Crippen molar-refractivity contribution in [2.75, 3.05) is 6.73 Å². The first-order valence-corrected chi connectivity index (χ1v) is 5.81. The summed E-state index contributed by atoms with van der Waals surface area (Å²) in [6.45, 7) is 0.985. The number of rotatable bonds is 6. The average Bonchev–Trinajstić information content (AvgIpc) is 2.37. The van der Waals surface area contributed by atoms with E-state index < -0.39 is 24.0 Å². The summed E-state index contributed by atoms with van der Waals surface area (Å²) in [6, 6.07) is 9.00. The maximum Gasteiger partial charge on any atom is 0.324 e. The highest BCUT2D eigenvalue weighted by Crippen LogP contribution is 2.11. The van der Waals surface area contributed by atoms with Crippen LogP contribution in [0.5, 0.6) is 0 Å². The van der Waals surface area contributed by atoms with Gasteiger partial charge in [-0.3, -0.25) is 15.3 Å². The summed E-state index contributed by atoms with van der Waals surface area (Å²) in [5, 5.41) is 9.43. The zero-order chi connectivity index (χ0) is 14.3. The fourth-order valence-corrected chi connectivity index (χ4v) is 1.48. The number of hydrogen-bond donors (Lipinski definition) is 2. The predicted octanol–water partition coefficient (Wildman–Crippen LogP) is 0.186. The van der Waals surface area contributed by atoms with Gasteiger partial charge in [0.2, 0.25) is 0 Å². The highest BCUT2D eigenvalue weighted by Gasteiger charge is 2.34. The zero-order valence-electron chi connectivity index (χ0n) is 10.6. The molecular weight excluding hydrogens is 250 g/mol. The van der Waals surface area contributed by atoms with E-state index in [0.717, 1.165) is 5.56 Å². The van der Waals surface area contributed by atoms with Crippen molar-refractivity contribution in [3.63, 3.8) is 0 Å². The monoisotopic (exact) mass is 267 g/mol. The third kappa shape index (κ3) is 4.69. The van der Waals surface area contributed by atoms with E-state index >= 15 is 0 Å². The summed E-state index contributed by atoms with van der Waals surface area (Å²) in [5.41, 5.74) is 5.84. The number of aliphatic hydroxyl groups excluding tert-OH is 1. The van der Waals surface area contributed by atoms with Crippen LogP contribution >= 0.6 is 0 Å². The maximum absolute atomic E-state index is 11.8. The molecule has 1 rings (SSSR count). The topological polar surface area (TPSA) is 98.9 Å². The van der Waals surface area contributed by atoms with Crippen molar-refractivity contribution in [1.29, 1.82) is 0 Å². The number of ether oxygens (including phenoxy) is 2. The Bertz CT molecular complexity index is 418. The van der Waals surface area contributed by atoms with Crippen molar-refractivity contribution in [3.05, 3.63) is 35.9 Å². The third-order valence-corrected chi connectivity index (χ3v) is 2.44. The number of aliphatic hydroxyl groups is 1. The van der Waals surface area contributed by atoms with Crippen LogP contribution in [0.3, 0.4) is 0 Å². The molecule has 0 aliphatic rings. The van der Waals surface area contributed by atoms with Gasteiger partial charge in [0, 0.05) is 0 Å². The van der Waals surface area contributed by atoms with Gasteiger partial charge in [-0.25, -0.2) is 0 Å². The minimum atomic E-state index is -1.38. The summed E-state index contributed by atoms with van der Waals surface area (Å²) in [7, 11) is 0. The Kier molecular flexibility index (Phi) is 5.98. The maximum atomic E-state index is 11.8. The summed E-state index contributed by atoms with van der Waals surface area (Å²) in [4.78, 5) is 23.2.